The number of aliphatic hydroxyl groups is 1. The molecule has 36 heavy (non-hydrogen) atoms. The van der Waals surface area contributed by atoms with Gasteiger partial charge in [-0.2, -0.15) is 0 Å². The maximum Gasteiger partial charge on any atom is 0.300 e. The van der Waals surface area contributed by atoms with Gasteiger partial charge in [-0.25, -0.2) is 0 Å². The minimum atomic E-state index is -0.829. The van der Waals surface area contributed by atoms with Crippen LogP contribution in [0.25, 0.3) is 16.7 Å². The quantitative estimate of drug-likeness (QED) is 0.202. The fourth-order valence-electron chi connectivity index (χ4n) is 4.86. The van der Waals surface area contributed by atoms with Crippen LogP contribution in [0.4, 0.5) is 5.69 Å². The summed E-state index contributed by atoms with van der Waals surface area (Å²) in [7, 11) is 1.91. The van der Waals surface area contributed by atoms with E-state index in [2.05, 4.69) is 0 Å². The zero-order valence-electron chi connectivity index (χ0n) is 20.2. The molecule has 1 fully saturated rings. The maximum absolute atomic E-state index is 13.5. The minimum absolute atomic E-state index is 0.0369. The first kappa shape index (κ1) is 23.7. The number of halogens is 1. The SMILES string of the molecule is CCOc1ccc(/C(O)=C2\C(=O)C(=O)N(c3ccc(Cl)cc3)C2c2cn(C)c3ccccc23)cc1C. The van der Waals surface area contributed by atoms with E-state index in [9.17, 15) is 14.7 Å². The third-order valence-electron chi connectivity index (χ3n) is 6.52. The molecule has 1 N–H and O–H groups in total. The zero-order valence-corrected chi connectivity index (χ0v) is 20.9. The molecule has 0 spiro atoms. The van der Waals surface area contributed by atoms with Crippen molar-refractivity contribution >= 4 is 45.6 Å². The number of rotatable bonds is 5. The van der Waals surface area contributed by atoms with Crippen LogP contribution in [0.15, 0.2) is 78.5 Å². The topological polar surface area (TPSA) is 71.8 Å². The second-order valence-electron chi connectivity index (χ2n) is 8.77. The van der Waals surface area contributed by atoms with Crippen LogP contribution in [0.3, 0.4) is 0 Å². The van der Waals surface area contributed by atoms with E-state index in [1.165, 1.54) is 4.90 Å². The average Bonchev–Trinajstić information content (AvgIpc) is 3.34. The van der Waals surface area contributed by atoms with Gasteiger partial charge in [0.05, 0.1) is 18.2 Å². The molecule has 0 aliphatic carbocycles. The van der Waals surface area contributed by atoms with Crippen molar-refractivity contribution in [1.29, 1.82) is 0 Å². The van der Waals surface area contributed by atoms with Crippen LogP contribution in [0.2, 0.25) is 5.02 Å². The Labute approximate surface area is 214 Å². The van der Waals surface area contributed by atoms with E-state index in [0.717, 1.165) is 22.0 Å². The molecule has 1 aliphatic heterocycles. The van der Waals surface area contributed by atoms with Gasteiger partial charge in [0.25, 0.3) is 11.7 Å². The van der Waals surface area contributed by atoms with Crippen molar-refractivity contribution in [2.75, 3.05) is 11.5 Å². The van der Waals surface area contributed by atoms with Crippen LogP contribution in [0.5, 0.6) is 5.75 Å². The van der Waals surface area contributed by atoms with Gasteiger partial charge in [0, 0.05) is 46.0 Å². The lowest BCUT2D eigenvalue weighted by Crippen LogP contribution is -2.29. The van der Waals surface area contributed by atoms with E-state index >= 15 is 0 Å². The molecule has 1 saturated heterocycles. The van der Waals surface area contributed by atoms with Crippen molar-refractivity contribution in [2.24, 2.45) is 7.05 Å². The van der Waals surface area contributed by atoms with Crippen LogP contribution in [0, 0.1) is 6.92 Å². The van der Waals surface area contributed by atoms with Crippen molar-refractivity contribution in [2.45, 2.75) is 19.9 Å². The molecule has 1 amide bonds. The first-order valence-corrected chi connectivity index (χ1v) is 12.0. The lowest BCUT2D eigenvalue weighted by molar-refractivity contribution is -0.132. The molecule has 2 heterocycles. The number of hydrogen-bond acceptors (Lipinski definition) is 4. The van der Waals surface area contributed by atoms with Crippen LogP contribution in [0.1, 0.15) is 29.7 Å². The summed E-state index contributed by atoms with van der Waals surface area (Å²) in [4.78, 5) is 28.4. The summed E-state index contributed by atoms with van der Waals surface area (Å²) >= 11 is 6.09. The number of aliphatic hydroxyl groups excluding tert-OH is 1. The number of ketones is 1. The Balaban J connectivity index is 1.76. The Hall–Kier alpha value is -4.03. The summed E-state index contributed by atoms with van der Waals surface area (Å²) in [5.41, 5.74) is 3.50. The largest absolute Gasteiger partial charge is 0.507 e. The Morgan fingerprint density at radius 2 is 1.78 bits per heavy atom. The first-order chi connectivity index (χ1) is 17.3. The molecule has 1 aromatic heterocycles. The number of fused-ring (bicyclic) bond motifs is 1. The second kappa shape index (κ2) is 9.21. The smallest absolute Gasteiger partial charge is 0.300 e. The van der Waals surface area contributed by atoms with E-state index < -0.39 is 17.7 Å². The number of anilines is 1. The highest BCUT2D eigenvalue weighted by Crippen LogP contribution is 2.45. The number of para-hydroxylation sites is 1. The van der Waals surface area contributed by atoms with Crippen molar-refractivity contribution in [3.63, 3.8) is 0 Å². The number of amides is 1. The van der Waals surface area contributed by atoms with Crippen LogP contribution >= 0.6 is 11.6 Å². The van der Waals surface area contributed by atoms with Gasteiger partial charge < -0.3 is 14.4 Å². The summed E-state index contributed by atoms with van der Waals surface area (Å²) < 4.78 is 7.57. The van der Waals surface area contributed by atoms with Gasteiger partial charge >= 0.3 is 0 Å². The van der Waals surface area contributed by atoms with E-state index in [1.807, 2.05) is 55.9 Å². The average molecular weight is 501 g/mol. The van der Waals surface area contributed by atoms with Gasteiger partial charge in [-0.15, -0.1) is 0 Å². The number of carbonyl (C=O) groups is 2. The number of ether oxygens (including phenoxy) is 1. The molecule has 0 bridgehead atoms. The predicted octanol–water partition coefficient (Wildman–Crippen LogP) is 6.17. The molecule has 182 valence electrons. The molecule has 0 saturated carbocycles. The lowest BCUT2D eigenvalue weighted by Gasteiger charge is -2.25. The van der Waals surface area contributed by atoms with Gasteiger partial charge in [0.1, 0.15) is 11.5 Å². The van der Waals surface area contributed by atoms with Gasteiger partial charge in [0.2, 0.25) is 0 Å². The molecule has 7 heteroatoms. The number of nitrogens with zero attached hydrogens (tertiary/aromatic N) is 2. The summed E-state index contributed by atoms with van der Waals surface area (Å²) in [5, 5.41) is 12.9. The van der Waals surface area contributed by atoms with Crippen LogP contribution in [-0.4, -0.2) is 28.0 Å². The first-order valence-electron chi connectivity index (χ1n) is 11.7. The monoisotopic (exact) mass is 500 g/mol. The second-order valence-corrected chi connectivity index (χ2v) is 9.21. The van der Waals surface area contributed by atoms with Gasteiger partial charge in [-0.1, -0.05) is 29.8 Å². The van der Waals surface area contributed by atoms with E-state index in [1.54, 1.807) is 42.5 Å². The highest BCUT2D eigenvalue weighted by Gasteiger charge is 2.47. The molecule has 1 atom stereocenters. The number of benzene rings is 3. The Morgan fingerprint density at radius 3 is 2.47 bits per heavy atom. The summed E-state index contributed by atoms with van der Waals surface area (Å²) in [5.74, 6) is -0.985. The van der Waals surface area contributed by atoms with E-state index in [0.29, 0.717) is 28.6 Å². The lowest BCUT2D eigenvalue weighted by atomic mass is 9.94. The predicted molar refractivity (Wildman–Crippen MR) is 142 cm³/mol. The van der Waals surface area contributed by atoms with Crippen LogP contribution < -0.4 is 9.64 Å². The number of aryl methyl sites for hydroxylation is 2. The fraction of sp³-hybridized carbons (Fsp3) is 0.172. The summed E-state index contributed by atoms with van der Waals surface area (Å²) in [6.07, 6.45) is 1.90. The molecular formula is C29H25ClN2O4. The number of Topliss-reactive ketones (excluding diaryl/α,β-unsaturated/α-hetero) is 1. The minimum Gasteiger partial charge on any atom is -0.507 e. The molecule has 4 aromatic rings. The van der Waals surface area contributed by atoms with E-state index in [4.69, 9.17) is 16.3 Å². The zero-order chi connectivity index (χ0) is 25.6. The number of hydrogen-bond donors (Lipinski definition) is 1. The Kier molecular flexibility index (Phi) is 6.06. The van der Waals surface area contributed by atoms with Crippen molar-refractivity contribution < 1.29 is 19.4 Å². The molecule has 1 aliphatic rings. The maximum atomic E-state index is 13.5. The molecule has 5 rings (SSSR count). The van der Waals surface area contributed by atoms with Gasteiger partial charge in [-0.05, 0) is 67.9 Å². The molecule has 3 aromatic carbocycles. The van der Waals surface area contributed by atoms with E-state index in [-0.39, 0.29) is 11.3 Å². The Bertz CT molecular complexity index is 1530. The number of aromatic nitrogens is 1. The van der Waals surface area contributed by atoms with Crippen molar-refractivity contribution in [3.05, 3.63) is 100 Å². The highest BCUT2D eigenvalue weighted by molar-refractivity contribution is 6.52. The fourth-order valence-corrected chi connectivity index (χ4v) is 4.98. The number of carbonyl (C=O) groups excluding carboxylic acids is 2. The standard InChI is InChI=1S/C29H25ClN2O4/c1-4-36-24-14-9-18(15-17(24)2)27(33)25-26(22-16-31(3)23-8-6-5-7-21(22)23)32(29(35)28(25)34)20-12-10-19(30)11-13-20/h5-16,26,33H,4H2,1-3H3/b27-25+. The van der Waals surface area contributed by atoms with Gasteiger partial charge in [-0.3, -0.25) is 14.5 Å². The normalized spacial score (nSPS) is 17.2. The third-order valence-corrected chi connectivity index (χ3v) is 6.77. The highest BCUT2D eigenvalue weighted by atomic mass is 35.5. The molecule has 1 unspecified atom stereocenters. The van der Waals surface area contributed by atoms with Crippen LogP contribution in [-0.2, 0) is 16.6 Å². The molecule has 6 nitrogen and oxygen atoms in total. The summed E-state index contributed by atoms with van der Waals surface area (Å²) in [6.45, 7) is 4.28. The van der Waals surface area contributed by atoms with Crippen molar-refractivity contribution in [3.8, 4) is 5.75 Å². The Morgan fingerprint density at radius 1 is 1.06 bits per heavy atom. The third kappa shape index (κ3) is 3.84. The van der Waals surface area contributed by atoms with Gasteiger partial charge in [0.15, 0.2) is 0 Å². The molecular weight excluding hydrogens is 476 g/mol. The van der Waals surface area contributed by atoms with Crippen molar-refractivity contribution in [1.82, 2.24) is 4.57 Å². The molecule has 0 radical (unpaired) electrons. The summed E-state index contributed by atoms with van der Waals surface area (Å²) in [6, 6.07) is 18.9.